The smallest absolute Gasteiger partial charge is 0.191 e. The SMILES string of the molecule is CCNC(=NCCCOCC1CCOC1)NCCOc1ccccc1-c1ccccc1. The van der Waals surface area contributed by atoms with Crippen molar-refractivity contribution in [2.75, 3.05) is 52.7 Å². The molecule has 6 nitrogen and oxygen atoms in total. The van der Waals surface area contributed by atoms with Gasteiger partial charge in [-0.3, -0.25) is 4.99 Å². The summed E-state index contributed by atoms with van der Waals surface area (Å²) < 4.78 is 17.2. The molecule has 1 saturated heterocycles. The number of nitrogens with one attached hydrogen (secondary N) is 2. The Hall–Kier alpha value is -2.57. The Morgan fingerprint density at radius 3 is 2.71 bits per heavy atom. The Balaban J connectivity index is 1.37. The van der Waals surface area contributed by atoms with E-state index in [9.17, 15) is 0 Å². The van der Waals surface area contributed by atoms with Crippen molar-refractivity contribution in [1.82, 2.24) is 10.6 Å². The fraction of sp³-hybridized carbons (Fsp3) is 0.480. The molecule has 31 heavy (non-hydrogen) atoms. The fourth-order valence-electron chi connectivity index (χ4n) is 3.44. The van der Waals surface area contributed by atoms with Crippen LogP contribution in [0.5, 0.6) is 5.75 Å². The third-order valence-corrected chi connectivity index (χ3v) is 5.06. The molecule has 0 aromatic heterocycles. The second kappa shape index (κ2) is 13.7. The number of guanidine groups is 1. The Bertz CT molecular complexity index is 777. The molecule has 0 aliphatic carbocycles. The van der Waals surface area contributed by atoms with Gasteiger partial charge in [0.1, 0.15) is 12.4 Å². The van der Waals surface area contributed by atoms with Gasteiger partial charge in [-0.1, -0.05) is 48.5 Å². The van der Waals surface area contributed by atoms with Crippen molar-refractivity contribution in [2.24, 2.45) is 10.9 Å². The lowest BCUT2D eigenvalue weighted by molar-refractivity contribution is 0.0893. The maximum absolute atomic E-state index is 6.05. The monoisotopic (exact) mass is 425 g/mol. The summed E-state index contributed by atoms with van der Waals surface area (Å²) in [5, 5.41) is 6.62. The molecule has 2 aromatic carbocycles. The van der Waals surface area contributed by atoms with Crippen molar-refractivity contribution in [3.63, 3.8) is 0 Å². The summed E-state index contributed by atoms with van der Waals surface area (Å²) in [6.07, 6.45) is 2.02. The normalized spacial score (nSPS) is 16.3. The van der Waals surface area contributed by atoms with Crippen LogP contribution in [0.1, 0.15) is 19.8 Å². The zero-order valence-electron chi connectivity index (χ0n) is 18.5. The minimum Gasteiger partial charge on any atom is -0.491 e. The van der Waals surface area contributed by atoms with Gasteiger partial charge in [0.15, 0.2) is 5.96 Å². The van der Waals surface area contributed by atoms with E-state index in [0.29, 0.717) is 19.1 Å². The average molecular weight is 426 g/mol. The molecule has 1 aliphatic rings. The summed E-state index contributed by atoms with van der Waals surface area (Å²) in [6.45, 7) is 8.09. The molecule has 2 N–H and O–H groups in total. The average Bonchev–Trinajstić information content (AvgIpc) is 3.33. The van der Waals surface area contributed by atoms with Gasteiger partial charge in [0.25, 0.3) is 0 Å². The van der Waals surface area contributed by atoms with E-state index < -0.39 is 0 Å². The highest BCUT2D eigenvalue weighted by molar-refractivity contribution is 5.79. The molecule has 1 aliphatic heterocycles. The van der Waals surface area contributed by atoms with E-state index in [-0.39, 0.29) is 0 Å². The summed E-state index contributed by atoms with van der Waals surface area (Å²) in [5.41, 5.74) is 2.26. The van der Waals surface area contributed by atoms with Crippen LogP contribution in [0.3, 0.4) is 0 Å². The van der Waals surface area contributed by atoms with Gasteiger partial charge in [0, 0.05) is 37.8 Å². The maximum atomic E-state index is 6.05. The maximum Gasteiger partial charge on any atom is 0.191 e. The van der Waals surface area contributed by atoms with Crippen LogP contribution in [0.2, 0.25) is 0 Å². The molecule has 3 rings (SSSR count). The first-order chi connectivity index (χ1) is 15.4. The van der Waals surface area contributed by atoms with Gasteiger partial charge in [-0.15, -0.1) is 0 Å². The van der Waals surface area contributed by atoms with Crippen LogP contribution in [-0.2, 0) is 9.47 Å². The molecule has 1 atom stereocenters. The Labute approximate surface area is 186 Å². The minimum absolute atomic E-state index is 0.556. The van der Waals surface area contributed by atoms with E-state index in [1.807, 2.05) is 36.4 Å². The van der Waals surface area contributed by atoms with Crippen molar-refractivity contribution < 1.29 is 14.2 Å². The predicted molar refractivity (Wildman–Crippen MR) is 126 cm³/mol. The number of aliphatic imine (C=N–C) groups is 1. The van der Waals surface area contributed by atoms with Crippen LogP contribution in [0, 0.1) is 5.92 Å². The topological polar surface area (TPSA) is 64.1 Å². The lowest BCUT2D eigenvalue weighted by Gasteiger charge is -2.14. The summed E-state index contributed by atoms with van der Waals surface area (Å²) >= 11 is 0. The number of hydrogen-bond acceptors (Lipinski definition) is 4. The van der Waals surface area contributed by atoms with E-state index in [1.165, 1.54) is 0 Å². The Morgan fingerprint density at radius 2 is 1.90 bits per heavy atom. The van der Waals surface area contributed by atoms with E-state index in [4.69, 9.17) is 14.2 Å². The minimum atomic E-state index is 0.556. The molecule has 0 amide bonds. The van der Waals surface area contributed by atoms with Crippen LogP contribution < -0.4 is 15.4 Å². The number of hydrogen-bond donors (Lipinski definition) is 2. The number of ether oxygens (including phenoxy) is 3. The molecule has 1 fully saturated rings. The van der Waals surface area contributed by atoms with Crippen molar-refractivity contribution in [3.05, 3.63) is 54.6 Å². The van der Waals surface area contributed by atoms with Crippen LogP contribution >= 0.6 is 0 Å². The predicted octanol–water partition coefficient (Wildman–Crippen LogP) is 3.73. The van der Waals surface area contributed by atoms with Gasteiger partial charge in [-0.2, -0.15) is 0 Å². The molecule has 0 bridgehead atoms. The molecule has 0 radical (unpaired) electrons. The number of rotatable bonds is 12. The Morgan fingerprint density at radius 1 is 1.06 bits per heavy atom. The van der Waals surface area contributed by atoms with Crippen molar-refractivity contribution in [2.45, 2.75) is 19.8 Å². The van der Waals surface area contributed by atoms with Gasteiger partial charge in [-0.05, 0) is 31.4 Å². The van der Waals surface area contributed by atoms with E-state index in [2.05, 4.69) is 40.7 Å². The highest BCUT2D eigenvalue weighted by Gasteiger charge is 2.15. The summed E-state index contributed by atoms with van der Waals surface area (Å²) in [4.78, 5) is 4.63. The molecular weight excluding hydrogens is 390 g/mol. The molecular formula is C25H35N3O3. The second-order valence-corrected chi connectivity index (χ2v) is 7.56. The van der Waals surface area contributed by atoms with Gasteiger partial charge < -0.3 is 24.8 Å². The number of benzene rings is 2. The Kier molecular flexibility index (Phi) is 10.2. The summed E-state index contributed by atoms with van der Waals surface area (Å²) in [6, 6.07) is 18.4. The molecule has 2 aromatic rings. The highest BCUT2D eigenvalue weighted by Crippen LogP contribution is 2.29. The van der Waals surface area contributed by atoms with Crippen molar-refractivity contribution in [3.8, 4) is 16.9 Å². The fourth-order valence-corrected chi connectivity index (χ4v) is 3.44. The third kappa shape index (κ3) is 8.23. The lowest BCUT2D eigenvalue weighted by Crippen LogP contribution is -2.39. The highest BCUT2D eigenvalue weighted by atomic mass is 16.5. The van der Waals surface area contributed by atoms with Gasteiger partial charge in [-0.25, -0.2) is 0 Å². The van der Waals surface area contributed by atoms with Crippen LogP contribution in [0.15, 0.2) is 59.6 Å². The van der Waals surface area contributed by atoms with Gasteiger partial charge in [0.05, 0.1) is 19.8 Å². The van der Waals surface area contributed by atoms with Crippen LogP contribution in [0.25, 0.3) is 11.1 Å². The first-order valence-electron chi connectivity index (χ1n) is 11.3. The summed E-state index contributed by atoms with van der Waals surface area (Å²) in [5.74, 6) is 2.27. The zero-order valence-corrected chi connectivity index (χ0v) is 18.5. The molecule has 1 heterocycles. The molecule has 0 spiro atoms. The van der Waals surface area contributed by atoms with Gasteiger partial charge in [0.2, 0.25) is 0 Å². The lowest BCUT2D eigenvalue weighted by atomic mass is 10.1. The largest absolute Gasteiger partial charge is 0.491 e. The quantitative estimate of drug-likeness (QED) is 0.308. The molecule has 6 heteroatoms. The van der Waals surface area contributed by atoms with E-state index in [0.717, 1.165) is 75.2 Å². The van der Waals surface area contributed by atoms with Crippen LogP contribution in [-0.4, -0.2) is 58.6 Å². The first kappa shape index (κ1) is 23.1. The summed E-state index contributed by atoms with van der Waals surface area (Å²) in [7, 11) is 0. The van der Waals surface area contributed by atoms with Crippen molar-refractivity contribution >= 4 is 5.96 Å². The van der Waals surface area contributed by atoms with E-state index in [1.54, 1.807) is 0 Å². The second-order valence-electron chi connectivity index (χ2n) is 7.56. The third-order valence-electron chi connectivity index (χ3n) is 5.06. The molecule has 1 unspecified atom stereocenters. The van der Waals surface area contributed by atoms with E-state index >= 15 is 0 Å². The standard InChI is InChI=1S/C25H35N3O3/c1-2-26-25(27-14-8-16-29-19-21-13-17-30-20-21)28-15-18-31-24-12-7-6-11-23(24)22-9-4-3-5-10-22/h3-7,9-12,21H,2,8,13-20H2,1H3,(H2,26,27,28). The number of nitrogens with zero attached hydrogens (tertiary/aromatic N) is 1. The first-order valence-corrected chi connectivity index (χ1v) is 11.3. The number of para-hydroxylation sites is 1. The zero-order chi connectivity index (χ0) is 21.6. The van der Waals surface area contributed by atoms with Crippen LogP contribution in [0.4, 0.5) is 0 Å². The van der Waals surface area contributed by atoms with Gasteiger partial charge >= 0.3 is 0 Å². The molecule has 0 saturated carbocycles. The van der Waals surface area contributed by atoms with Crippen molar-refractivity contribution in [1.29, 1.82) is 0 Å². The molecule has 168 valence electrons.